The van der Waals surface area contributed by atoms with E-state index in [0.717, 1.165) is 73.1 Å². The topological polar surface area (TPSA) is 96.3 Å². The van der Waals surface area contributed by atoms with Crippen molar-refractivity contribution in [3.05, 3.63) is 45.7 Å². The van der Waals surface area contributed by atoms with Gasteiger partial charge in [-0.25, -0.2) is 4.79 Å². The number of amides is 1. The van der Waals surface area contributed by atoms with Gasteiger partial charge < -0.3 is 24.6 Å². The van der Waals surface area contributed by atoms with Crippen LogP contribution >= 0.6 is 11.3 Å². The van der Waals surface area contributed by atoms with E-state index in [1.54, 1.807) is 11.3 Å². The first-order chi connectivity index (χ1) is 24.6. The number of aliphatic hydroxyl groups excluding tert-OH is 1. The highest BCUT2D eigenvalue weighted by atomic mass is 32.1. The average Bonchev–Trinajstić information content (AvgIpc) is 3.84. The predicted octanol–water partition coefficient (Wildman–Crippen LogP) is 8.91. The molecule has 1 aromatic rings. The second-order valence-electron chi connectivity index (χ2n) is 19.3. The number of ether oxygens (including phenoxy) is 2. The van der Waals surface area contributed by atoms with Gasteiger partial charge in [0.2, 0.25) is 0 Å². The van der Waals surface area contributed by atoms with Crippen molar-refractivity contribution in [3.8, 4) is 0 Å². The lowest BCUT2D eigenvalue weighted by Gasteiger charge is -2.71. The lowest BCUT2D eigenvalue weighted by molar-refractivity contribution is -0.176. The van der Waals surface area contributed by atoms with Crippen molar-refractivity contribution in [2.24, 2.45) is 51.2 Å². The van der Waals surface area contributed by atoms with Gasteiger partial charge >= 0.3 is 6.09 Å². The summed E-state index contributed by atoms with van der Waals surface area (Å²) in [5.74, 6) is 1.66. The van der Waals surface area contributed by atoms with Gasteiger partial charge in [0.25, 0.3) is 0 Å². The number of carbonyl (C=O) groups excluding carboxylic acids is 2. The van der Waals surface area contributed by atoms with Crippen LogP contribution in [0.1, 0.15) is 126 Å². The minimum atomic E-state index is -1.15. The molecule has 1 amide bonds. The molecule has 12 atom stereocenters. The minimum Gasteiger partial charge on any atom is -0.446 e. The molecular formula is C44H63NO6S. The van der Waals surface area contributed by atoms with Gasteiger partial charge in [0.15, 0.2) is 5.78 Å². The molecule has 0 radical (unpaired) electrons. The number of Topliss-reactive ketones (excluding diaryl/α,β-unsaturated/α-hetero) is 1. The molecule has 2 heterocycles. The van der Waals surface area contributed by atoms with Crippen molar-refractivity contribution in [1.29, 1.82) is 0 Å². The Morgan fingerprint density at radius 1 is 1.02 bits per heavy atom. The number of ketones is 1. The van der Waals surface area contributed by atoms with E-state index in [9.17, 15) is 19.8 Å². The maximum atomic E-state index is 14.8. The van der Waals surface area contributed by atoms with Gasteiger partial charge in [0.05, 0.1) is 35.8 Å². The lowest BCUT2D eigenvalue weighted by atomic mass is 9.32. The molecular weight excluding hydrogens is 671 g/mol. The summed E-state index contributed by atoms with van der Waals surface area (Å²) in [4.78, 5) is 32.9. The van der Waals surface area contributed by atoms with Crippen LogP contribution in [-0.4, -0.2) is 70.6 Å². The fourth-order valence-electron chi connectivity index (χ4n) is 13.3. The van der Waals surface area contributed by atoms with Gasteiger partial charge in [-0.15, -0.1) is 11.3 Å². The van der Waals surface area contributed by atoms with Crippen LogP contribution in [0.5, 0.6) is 0 Å². The summed E-state index contributed by atoms with van der Waals surface area (Å²) < 4.78 is 12.6. The summed E-state index contributed by atoms with van der Waals surface area (Å²) >= 11 is 1.56. The zero-order chi connectivity index (χ0) is 36.8. The van der Waals surface area contributed by atoms with Crippen molar-refractivity contribution in [2.75, 3.05) is 19.7 Å². The Hall–Kier alpha value is -2.00. The third kappa shape index (κ3) is 5.49. The Morgan fingerprint density at radius 3 is 2.48 bits per heavy atom. The molecule has 8 heteroatoms. The van der Waals surface area contributed by atoms with Crippen LogP contribution in [0.4, 0.5) is 4.79 Å². The van der Waals surface area contributed by atoms with Crippen LogP contribution in [0.2, 0.25) is 0 Å². The predicted molar refractivity (Wildman–Crippen MR) is 204 cm³/mol. The van der Waals surface area contributed by atoms with E-state index in [2.05, 4.69) is 59.8 Å². The second kappa shape index (κ2) is 13.1. The number of hydrogen-bond donors (Lipinski definition) is 2. The van der Waals surface area contributed by atoms with E-state index in [1.165, 1.54) is 6.42 Å². The number of fused-ring (bicyclic) bond motifs is 1. The summed E-state index contributed by atoms with van der Waals surface area (Å²) in [5.41, 5.74) is -1.76. The van der Waals surface area contributed by atoms with E-state index in [-0.39, 0.29) is 59.4 Å². The molecule has 52 heavy (non-hydrogen) atoms. The van der Waals surface area contributed by atoms with Gasteiger partial charge in [-0.2, -0.15) is 0 Å². The number of rotatable bonds is 8. The highest BCUT2D eigenvalue weighted by Gasteiger charge is 2.74. The Labute approximate surface area is 315 Å². The van der Waals surface area contributed by atoms with Crippen molar-refractivity contribution in [1.82, 2.24) is 4.90 Å². The van der Waals surface area contributed by atoms with E-state index in [4.69, 9.17) is 9.47 Å². The number of thiophene rings is 1. The summed E-state index contributed by atoms with van der Waals surface area (Å²) in [5, 5.41) is 24.2. The number of carbonyl (C=O) groups is 2. The minimum absolute atomic E-state index is 0.0309. The molecule has 8 aliphatic rings. The van der Waals surface area contributed by atoms with Crippen LogP contribution < -0.4 is 0 Å². The molecule has 7 nitrogen and oxygen atoms in total. The molecule has 2 spiro atoms. The maximum absolute atomic E-state index is 14.8. The van der Waals surface area contributed by atoms with Crippen molar-refractivity contribution >= 4 is 23.2 Å². The summed E-state index contributed by atoms with van der Waals surface area (Å²) in [6.45, 7) is 14.8. The molecule has 1 saturated heterocycles. The maximum Gasteiger partial charge on any atom is 0.410 e. The largest absolute Gasteiger partial charge is 0.446 e. The molecule has 5 fully saturated rings. The van der Waals surface area contributed by atoms with Crippen molar-refractivity contribution < 1.29 is 29.3 Å². The summed E-state index contributed by atoms with van der Waals surface area (Å²) in [7, 11) is 0. The lowest BCUT2D eigenvalue weighted by Crippen LogP contribution is -2.67. The van der Waals surface area contributed by atoms with Crippen LogP contribution in [-0.2, 0) is 9.47 Å². The smallest absolute Gasteiger partial charge is 0.410 e. The van der Waals surface area contributed by atoms with Gasteiger partial charge in [0.1, 0.15) is 6.10 Å². The van der Waals surface area contributed by atoms with Crippen molar-refractivity contribution in [2.45, 2.75) is 143 Å². The van der Waals surface area contributed by atoms with Crippen LogP contribution in [0.25, 0.3) is 0 Å². The number of aliphatic hydroxyl groups is 2. The fraction of sp³-hybridized carbons (Fsp3) is 0.773. The number of aryl methyl sites for hydroxylation is 1. The third-order valence-corrected chi connectivity index (χ3v) is 17.3. The van der Waals surface area contributed by atoms with E-state index >= 15 is 0 Å². The summed E-state index contributed by atoms with van der Waals surface area (Å²) in [6.07, 6.45) is 16.6. The van der Waals surface area contributed by atoms with Gasteiger partial charge in [0, 0.05) is 33.3 Å². The Bertz CT molecular complexity index is 1630. The molecule has 2 N–H and O–H groups in total. The number of hydrogen-bond acceptors (Lipinski definition) is 7. The summed E-state index contributed by atoms with van der Waals surface area (Å²) in [6, 6.07) is 4.02. The van der Waals surface area contributed by atoms with Gasteiger partial charge in [-0.05, 0) is 125 Å². The first-order valence-corrected chi connectivity index (χ1v) is 21.5. The zero-order valence-electron chi connectivity index (χ0n) is 32.5. The molecule has 1 aromatic heterocycles. The first kappa shape index (κ1) is 36.9. The number of nitrogens with zero attached hydrogens (tertiary/aromatic N) is 1. The normalized spacial score (nSPS) is 44.9. The fourth-order valence-corrected chi connectivity index (χ4v) is 14.1. The molecule has 0 aromatic carbocycles. The molecule has 7 aliphatic carbocycles. The second-order valence-corrected chi connectivity index (χ2v) is 20.6. The first-order valence-electron chi connectivity index (χ1n) is 20.7. The molecule has 1 unspecified atom stereocenters. The third-order valence-electron chi connectivity index (χ3n) is 16.3. The highest BCUT2D eigenvalue weighted by molar-refractivity contribution is 7.14. The van der Waals surface area contributed by atoms with E-state index in [1.807, 2.05) is 17.0 Å². The van der Waals surface area contributed by atoms with E-state index < -0.39 is 16.4 Å². The van der Waals surface area contributed by atoms with E-state index in [0.29, 0.717) is 43.7 Å². The SMILES string of the molecule is Cc1ccc(C(=O)C2=C[C@@]34C=C[C@@]25[C@@H]2CC[C@@](O)(CN(C[C@H]6CCCO6)C(=O)O[C@H]6C[C@@H](C)CC[C@@H]6C(C)C)[C@@]2(C)CC[C@@H]5[C@@]3(C)CCC(O)C4)s1. The van der Waals surface area contributed by atoms with Crippen molar-refractivity contribution in [3.63, 3.8) is 0 Å². The number of allylic oxidation sites excluding steroid dienone is 4. The quantitative estimate of drug-likeness (QED) is 0.205. The van der Waals surface area contributed by atoms with Gasteiger partial charge in [-0.3, -0.25) is 4.79 Å². The van der Waals surface area contributed by atoms with Crippen LogP contribution in [0.3, 0.4) is 0 Å². The standard InChI is InChI=1S/C44H63NO6S/c1-27(2)32-11-9-28(3)22-34(32)51-39(48)45(25-31-8-7-21-50-31)26-43(49)18-15-37-41(43,6)17-14-36-40(5)16-13-30(46)23-42(40)19-20-44(36,37)33(24-42)38(47)35-12-10-29(4)52-35/h10,12,19-20,24,27-28,30-32,34,36-37,46,49H,7-9,11,13-18,21-23,25-26H2,1-6H3/t28-,30?,31+,32+,34-,36+,37+,40+,41-,42-,43+,44+/m0/s1. The molecule has 9 rings (SSSR count). The molecule has 2 bridgehead atoms. The molecule has 286 valence electrons. The molecule has 1 aliphatic heterocycles. The monoisotopic (exact) mass is 733 g/mol. The Morgan fingerprint density at radius 2 is 1.77 bits per heavy atom. The van der Waals surface area contributed by atoms with Crippen LogP contribution in [0.15, 0.2) is 35.9 Å². The van der Waals surface area contributed by atoms with Gasteiger partial charge in [-0.1, -0.05) is 59.3 Å². The van der Waals surface area contributed by atoms with Crippen LogP contribution in [0, 0.1) is 58.2 Å². The average molecular weight is 734 g/mol. The Kier molecular flexibility index (Phi) is 9.28. The molecule has 4 saturated carbocycles. The zero-order valence-corrected chi connectivity index (χ0v) is 33.3. The highest BCUT2D eigenvalue weighted by Crippen LogP contribution is 2.78. The Balaban J connectivity index is 1.15.